The van der Waals surface area contributed by atoms with Gasteiger partial charge in [-0.15, -0.1) is 0 Å². The molecule has 0 aliphatic heterocycles. The van der Waals surface area contributed by atoms with E-state index < -0.39 is 17.4 Å². The highest BCUT2D eigenvalue weighted by Gasteiger charge is 2.30. The largest absolute Gasteiger partial charge is 0.354 e. The minimum absolute atomic E-state index is 0.0461. The van der Waals surface area contributed by atoms with Gasteiger partial charge in [-0.3, -0.25) is 4.79 Å². The number of hydrogen-bond donors (Lipinski definition) is 3. The maximum Gasteiger partial charge on any atom is 0.320 e. The van der Waals surface area contributed by atoms with E-state index in [0.29, 0.717) is 12.2 Å². The topological polar surface area (TPSA) is 70.2 Å². The maximum atomic E-state index is 13.1. The fourth-order valence-electron chi connectivity index (χ4n) is 1.64. The van der Waals surface area contributed by atoms with Gasteiger partial charge in [-0.05, 0) is 37.5 Å². The average molecular weight is 309 g/mol. The molecular weight excluding hydrogens is 285 g/mol. The van der Waals surface area contributed by atoms with Crippen molar-refractivity contribution in [3.05, 3.63) is 30.1 Å². The molecule has 0 aliphatic carbocycles. The summed E-state index contributed by atoms with van der Waals surface area (Å²) in [5.74, 6) is -0.725. The fraction of sp³-hybridized carbons (Fsp3) is 0.500. The van der Waals surface area contributed by atoms with Gasteiger partial charge in [-0.2, -0.15) is 0 Å². The maximum absolute atomic E-state index is 13.1. The van der Waals surface area contributed by atoms with Crippen molar-refractivity contribution in [1.82, 2.24) is 10.6 Å². The first kappa shape index (κ1) is 17.9. The van der Waals surface area contributed by atoms with Crippen LogP contribution in [0.3, 0.4) is 0 Å². The van der Waals surface area contributed by atoms with Gasteiger partial charge in [0.05, 0.1) is 0 Å². The van der Waals surface area contributed by atoms with Crippen LogP contribution in [0.2, 0.25) is 0 Å². The molecule has 0 aliphatic rings. The molecule has 1 aromatic rings. The van der Waals surface area contributed by atoms with Crippen LogP contribution in [0.5, 0.6) is 0 Å². The van der Waals surface area contributed by atoms with Crippen molar-refractivity contribution in [3.63, 3.8) is 0 Å². The number of carbonyl (C=O) groups is 2. The fourth-order valence-corrected chi connectivity index (χ4v) is 1.64. The standard InChI is InChI=1S/C16H24FN3O2/c1-15(2,3)10-18-13(21)16(4,5)20-14(22)19-12-8-6-7-11(17)9-12/h6-9H,10H2,1-5H3,(H,18,21)(H2,19,20,22). The predicted octanol–water partition coefficient (Wildman–Crippen LogP) is 2.89. The number of carbonyl (C=O) groups excluding carboxylic acids is 2. The average Bonchev–Trinajstić information content (AvgIpc) is 2.34. The van der Waals surface area contributed by atoms with E-state index >= 15 is 0 Å². The highest BCUT2D eigenvalue weighted by atomic mass is 19.1. The van der Waals surface area contributed by atoms with Crippen molar-refractivity contribution in [2.24, 2.45) is 5.41 Å². The monoisotopic (exact) mass is 309 g/mol. The molecule has 1 rings (SSSR count). The Morgan fingerprint density at radius 3 is 2.32 bits per heavy atom. The van der Waals surface area contributed by atoms with E-state index in [-0.39, 0.29) is 11.3 Å². The molecule has 6 heteroatoms. The predicted molar refractivity (Wildman–Crippen MR) is 85.1 cm³/mol. The van der Waals surface area contributed by atoms with Crippen LogP contribution in [0.1, 0.15) is 34.6 Å². The number of halogens is 1. The molecule has 0 saturated carbocycles. The Bertz CT molecular complexity index is 551. The molecule has 0 radical (unpaired) electrons. The summed E-state index contributed by atoms with van der Waals surface area (Å²) in [6.07, 6.45) is 0. The summed E-state index contributed by atoms with van der Waals surface area (Å²) in [4.78, 5) is 24.1. The van der Waals surface area contributed by atoms with Crippen molar-refractivity contribution in [2.75, 3.05) is 11.9 Å². The van der Waals surface area contributed by atoms with E-state index in [1.54, 1.807) is 19.9 Å². The van der Waals surface area contributed by atoms with E-state index in [2.05, 4.69) is 16.0 Å². The van der Waals surface area contributed by atoms with Gasteiger partial charge in [0.25, 0.3) is 0 Å². The summed E-state index contributed by atoms with van der Waals surface area (Å²) >= 11 is 0. The number of nitrogens with one attached hydrogen (secondary N) is 3. The molecule has 0 aromatic heterocycles. The molecule has 3 N–H and O–H groups in total. The van der Waals surface area contributed by atoms with E-state index in [9.17, 15) is 14.0 Å². The molecule has 0 unspecified atom stereocenters. The Balaban J connectivity index is 2.59. The van der Waals surface area contributed by atoms with E-state index in [4.69, 9.17) is 0 Å². The minimum atomic E-state index is -1.08. The first-order valence-electron chi connectivity index (χ1n) is 7.13. The van der Waals surface area contributed by atoms with Gasteiger partial charge < -0.3 is 16.0 Å². The zero-order valence-electron chi connectivity index (χ0n) is 13.7. The molecular formula is C16H24FN3O2. The van der Waals surface area contributed by atoms with E-state index in [1.165, 1.54) is 18.2 Å². The van der Waals surface area contributed by atoms with Gasteiger partial charge in [0.2, 0.25) is 5.91 Å². The lowest BCUT2D eigenvalue weighted by Gasteiger charge is -2.27. The first-order chi connectivity index (χ1) is 9.99. The highest BCUT2D eigenvalue weighted by molar-refractivity contribution is 5.95. The Kier molecular flexibility index (Phi) is 5.52. The number of benzene rings is 1. The number of rotatable bonds is 4. The summed E-state index contributed by atoms with van der Waals surface area (Å²) in [6, 6.07) is 4.97. The van der Waals surface area contributed by atoms with Gasteiger partial charge in [0.1, 0.15) is 11.4 Å². The van der Waals surface area contributed by atoms with Gasteiger partial charge >= 0.3 is 6.03 Å². The normalized spacial score (nSPS) is 11.7. The summed E-state index contributed by atoms with van der Waals surface area (Å²) in [5.41, 5.74) is -0.804. The van der Waals surface area contributed by atoms with Crippen LogP contribution in [0, 0.1) is 11.2 Å². The van der Waals surface area contributed by atoms with Gasteiger partial charge in [-0.1, -0.05) is 26.8 Å². The van der Waals surface area contributed by atoms with Crippen molar-refractivity contribution >= 4 is 17.6 Å². The lowest BCUT2D eigenvalue weighted by molar-refractivity contribution is -0.126. The number of urea groups is 1. The molecule has 5 nitrogen and oxygen atoms in total. The number of amides is 3. The van der Waals surface area contributed by atoms with Crippen LogP contribution >= 0.6 is 0 Å². The lowest BCUT2D eigenvalue weighted by atomic mass is 9.96. The third kappa shape index (κ3) is 6.11. The second-order valence-corrected chi connectivity index (χ2v) is 6.96. The summed E-state index contributed by atoms with van der Waals surface area (Å²) < 4.78 is 13.1. The number of anilines is 1. The summed E-state index contributed by atoms with van der Waals surface area (Å²) in [6.45, 7) is 9.73. The van der Waals surface area contributed by atoms with Crippen LogP contribution in [0.15, 0.2) is 24.3 Å². The Morgan fingerprint density at radius 1 is 1.14 bits per heavy atom. The highest BCUT2D eigenvalue weighted by Crippen LogP contribution is 2.12. The van der Waals surface area contributed by atoms with Crippen molar-refractivity contribution < 1.29 is 14.0 Å². The third-order valence-corrected chi connectivity index (χ3v) is 2.86. The third-order valence-electron chi connectivity index (χ3n) is 2.86. The molecule has 0 saturated heterocycles. The smallest absolute Gasteiger partial charge is 0.320 e. The summed E-state index contributed by atoms with van der Waals surface area (Å²) in [5, 5.41) is 7.87. The van der Waals surface area contributed by atoms with Crippen LogP contribution in [0.4, 0.5) is 14.9 Å². The molecule has 0 fully saturated rings. The molecule has 122 valence electrons. The zero-order chi connectivity index (χ0) is 17.0. The summed E-state index contributed by atoms with van der Waals surface area (Å²) in [7, 11) is 0. The van der Waals surface area contributed by atoms with E-state index in [1.807, 2.05) is 20.8 Å². The Morgan fingerprint density at radius 2 is 1.77 bits per heavy atom. The van der Waals surface area contributed by atoms with Crippen molar-refractivity contribution in [2.45, 2.75) is 40.2 Å². The second kappa shape index (κ2) is 6.77. The molecule has 0 atom stereocenters. The Labute approximate surface area is 130 Å². The Hall–Kier alpha value is -2.11. The molecule has 3 amide bonds. The van der Waals surface area contributed by atoms with Crippen molar-refractivity contribution in [3.8, 4) is 0 Å². The van der Waals surface area contributed by atoms with E-state index in [0.717, 1.165) is 0 Å². The molecule has 0 heterocycles. The van der Waals surface area contributed by atoms with Gasteiger partial charge in [0, 0.05) is 12.2 Å². The molecule has 1 aromatic carbocycles. The minimum Gasteiger partial charge on any atom is -0.354 e. The van der Waals surface area contributed by atoms with Crippen molar-refractivity contribution in [1.29, 1.82) is 0 Å². The molecule has 22 heavy (non-hydrogen) atoms. The molecule has 0 spiro atoms. The SMILES string of the molecule is CC(C)(C)CNC(=O)C(C)(C)NC(=O)Nc1cccc(F)c1. The van der Waals surface area contributed by atoms with Gasteiger partial charge in [-0.25, -0.2) is 9.18 Å². The van der Waals surface area contributed by atoms with Crippen LogP contribution < -0.4 is 16.0 Å². The molecule has 0 bridgehead atoms. The van der Waals surface area contributed by atoms with Crippen LogP contribution in [0.25, 0.3) is 0 Å². The second-order valence-electron chi connectivity index (χ2n) is 6.96. The number of hydrogen-bond acceptors (Lipinski definition) is 2. The quantitative estimate of drug-likeness (QED) is 0.800. The van der Waals surface area contributed by atoms with Crippen LogP contribution in [-0.4, -0.2) is 24.0 Å². The van der Waals surface area contributed by atoms with Crippen LogP contribution in [-0.2, 0) is 4.79 Å². The zero-order valence-corrected chi connectivity index (χ0v) is 13.7. The lowest BCUT2D eigenvalue weighted by Crippen LogP contribution is -2.56. The first-order valence-corrected chi connectivity index (χ1v) is 7.13. The van der Waals surface area contributed by atoms with Gasteiger partial charge in [0.15, 0.2) is 0 Å².